The van der Waals surface area contributed by atoms with Crippen LogP contribution in [0.3, 0.4) is 0 Å². The number of imide groups is 1. The number of benzene rings is 3. The number of aryl methyl sites for hydroxylation is 2. The third-order valence-electron chi connectivity index (χ3n) is 5.15. The van der Waals surface area contributed by atoms with Gasteiger partial charge >= 0.3 is 5.97 Å². The van der Waals surface area contributed by atoms with Crippen LogP contribution < -0.4 is 10.2 Å². The number of hydrogen-bond donors (Lipinski definition) is 1. The molecule has 0 atom stereocenters. The quantitative estimate of drug-likeness (QED) is 0.492. The predicted octanol–water partition coefficient (Wildman–Crippen LogP) is 3.90. The Kier molecular flexibility index (Phi) is 5.55. The molecule has 1 aliphatic rings. The van der Waals surface area contributed by atoms with E-state index in [-0.39, 0.29) is 5.56 Å². The summed E-state index contributed by atoms with van der Waals surface area (Å²) in [6.45, 7) is 3.40. The number of hydrogen-bond acceptors (Lipinski definition) is 5. The monoisotopic (exact) mass is 428 g/mol. The van der Waals surface area contributed by atoms with Gasteiger partial charge in [0.05, 0.1) is 22.4 Å². The highest BCUT2D eigenvalue weighted by atomic mass is 16.5. The predicted molar refractivity (Wildman–Crippen MR) is 119 cm³/mol. The summed E-state index contributed by atoms with van der Waals surface area (Å²) in [5.74, 6) is -1.96. The molecule has 3 aromatic carbocycles. The van der Waals surface area contributed by atoms with Gasteiger partial charge in [-0.2, -0.15) is 0 Å². The lowest BCUT2D eigenvalue weighted by atomic mass is 10.1. The first-order chi connectivity index (χ1) is 15.3. The molecule has 0 fully saturated rings. The molecule has 4 rings (SSSR count). The molecule has 0 saturated carbocycles. The molecular formula is C25H20N2O5. The molecule has 0 saturated heterocycles. The first-order valence-electron chi connectivity index (χ1n) is 9.97. The Balaban J connectivity index is 1.38. The van der Waals surface area contributed by atoms with E-state index in [9.17, 15) is 19.2 Å². The number of nitrogens with zero attached hydrogens (tertiary/aromatic N) is 1. The number of amides is 3. The molecule has 3 amide bonds. The van der Waals surface area contributed by atoms with Crippen LogP contribution in [-0.2, 0) is 9.53 Å². The van der Waals surface area contributed by atoms with Crippen molar-refractivity contribution in [3.8, 4) is 0 Å². The van der Waals surface area contributed by atoms with Crippen LogP contribution in [0.15, 0.2) is 66.7 Å². The lowest BCUT2D eigenvalue weighted by molar-refractivity contribution is -0.119. The van der Waals surface area contributed by atoms with Gasteiger partial charge in [0.25, 0.3) is 17.7 Å². The van der Waals surface area contributed by atoms with Crippen molar-refractivity contribution in [1.29, 1.82) is 0 Å². The Labute approximate surface area is 184 Å². The van der Waals surface area contributed by atoms with Crippen LogP contribution in [0.1, 0.15) is 42.2 Å². The van der Waals surface area contributed by atoms with E-state index in [0.717, 1.165) is 16.0 Å². The molecule has 32 heavy (non-hydrogen) atoms. The van der Waals surface area contributed by atoms with Crippen LogP contribution in [0, 0.1) is 13.8 Å². The molecule has 0 spiro atoms. The second-order valence-electron chi connectivity index (χ2n) is 7.48. The smallest absolute Gasteiger partial charge is 0.338 e. The van der Waals surface area contributed by atoms with E-state index in [1.165, 1.54) is 24.3 Å². The number of esters is 1. The van der Waals surface area contributed by atoms with Crippen LogP contribution in [0.25, 0.3) is 0 Å². The summed E-state index contributed by atoms with van der Waals surface area (Å²) in [7, 11) is 0. The maximum Gasteiger partial charge on any atom is 0.338 e. The van der Waals surface area contributed by atoms with Crippen molar-refractivity contribution >= 4 is 35.1 Å². The Bertz CT molecular complexity index is 1210. The van der Waals surface area contributed by atoms with Crippen LogP contribution >= 0.6 is 0 Å². The summed E-state index contributed by atoms with van der Waals surface area (Å²) in [5.41, 5.74) is 3.88. The number of carbonyl (C=O) groups excluding carboxylic acids is 4. The largest absolute Gasteiger partial charge is 0.452 e. The van der Waals surface area contributed by atoms with Gasteiger partial charge in [-0.3, -0.25) is 14.4 Å². The average Bonchev–Trinajstić information content (AvgIpc) is 3.04. The molecule has 7 heteroatoms. The molecule has 0 unspecified atom stereocenters. The van der Waals surface area contributed by atoms with Gasteiger partial charge < -0.3 is 10.1 Å². The number of ether oxygens (including phenoxy) is 1. The molecule has 7 nitrogen and oxygen atoms in total. The minimum Gasteiger partial charge on any atom is -0.452 e. The van der Waals surface area contributed by atoms with Crippen LogP contribution in [0.2, 0.25) is 0 Å². The van der Waals surface area contributed by atoms with E-state index in [4.69, 9.17) is 4.74 Å². The summed E-state index contributed by atoms with van der Waals surface area (Å²) >= 11 is 0. The number of rotatable bonds is 5. The fourth-order valence-electron chi connectivity index (χ4n) is 3.52. The Morgan fingerprint density at radius 2 is 1.50 bits per heavy atom. The lowest BCUT2D eigenvalue weighted by Gasteiger charge is -2.14. The molecule has 1 aliphatic heterocycles. The zero-order valence-electron chi connectivity index (χ0n) is 17.5. The number of carbonyl (C=O) groups is 4. The standard InChI is InChI=1S/C25H20N2O5/c1-15-7-12-21(16(2)13-15)26-22(28)14-32-25(31)17-8-10-18(11-9-17)27-23(29)19-5-3-4-6-20(19)24(27)30/h3-13H,14H2,1-2H3,(H,26,28). The Morgan fingerprint density at radius 1 is 0.875 bits per heavy atom. The first-order valence-corrected chi connectivity index (χ1v) is 9.97. The van der Waals surface area contributed by atoms with Crippen molar-refractivity contribution < 1.29 is 23.9 Å². The lowest BCUT2D eigenvalue weighted by Crippen LogP contribution is -2.29. The second kappa shape index (κ2) is 8.47. The van der Waals surface area contributed by atoms with Crippen molar-refractivity contribution in [2.45, 2.75) is 13.8 Å². The van der Waals surface area contributed by atoms with Gasteiger partial charge in [0.15, 0.2) is 6.61 Å². The minimum absolute atomic E-state index is 0.199. The van der Waals surface area contributed by atoms with Gasteiger partial charge in [-0.15, -0.1) is 0 Å². The zero-order valence-corrected chi connectivity index (χ0v) is 17.5. The van der Waals surface area contributed by atoms with E-state index in [1.54, 1.807) is 30.3 Å². The van der Waals surface area contributed by atoms with Gasteiger partial charge in [-0.05, 0) is 61.9 Å². The average molecular weight is 428 g/mol. The second-order valence-corrected chi connectivity index (χ2v) is 7.48. The Morgan fingerprint density at radius 3 is 2.09 bits per heavy atom. The maximum atomic E-state index is 12.6. The van der Waals surface area contributed by atoms with Crippen molar-refractivity contribution in [3.05, 3.63) is 94.5 Å². The minimum atomic E-state index is -0.685. The fourth-order valence-corrected chi connectivity index (χ4v) is 3.52. The van der Waals surface area contributed by atoms with Gasteiger partial charge in [-0.1, -0.05) is 29.8 Å². The molecular weight excluding hydrogens is 408 g/mol. The molecule has 1 N–H and O–H groups in total. The highest BCUT2D eigenvalue weighted by Crippen LogP contribution is 2.28. The molecule has 3 aromatic rings. The number of nitrogens with one attached hydrogen (secondary N) is 1. The normalized spacial score (nSPS) is 12.5. The topological polar surface area (TPSA) is 92.8 Å². The first kappa shape index (κ1) is 21.0. The van der Waals surface area contributed by atoms with Crippen LogP contribution in [-0.4, -0.2) is 30.3 Å². The van der Waals surface area contributed by atoms with Crippen LogP contribution in [0.4, 0.5) is 11.4 Å². The summed E-state index contributed by atoms with van der Waals surface area (Å²) in [6.07, 6.45) is 0. The van der Waals surface area contributed by atoms with Crippen molar-refractivity contribution in [1.82, 2.24) is 0 Å². The maximum absolute atomic E-state index is 12.6. The highest BCUT2D eigenvalue weighted by molar-refractivity contribution is 6.34. The summed E-state index contributed by atoms with van der Waals surface area (Å²) in [6, 6.07) is 18.1. The van der Waals surface area contributed by atoms with Crippen molar-refractivity contribution in [2.24, 2.45) is 0 Å². The molecule has 0 bridgehead atoms. The van der Waals surface area contributed by atoms with Gasteiger partial charge in [0, 0.05) is 5.69 Å². The summed E-state index contributed by atoms with van der Waals surface area (Å²) in [4.78, 5) is 50.6. The summed E-state index contributed by atoms with van der Waals surface area (Å²) < 4.78 is 5.09. The van der Waals surface area contributed by atoms with E-state index in [0.29, 0.717) is 22.5 Å². The molecule has 0 aromatic heterocycles. The SMILES string of the molecule is Cc1ccc(NC(=O)COC(=O)c2ccc(N3C(=O)c4ccccc4C3=O)cc2)c(C)c1. The molecule has 1 heterocycles. The number of fused-ring (bicyclic) bond motifs is 1. The zero-order chi connectivity index (χ0) is 22.8. The van der Waals surface area contributed by atoms with E-state index < -0.39 is 30.3 Å². The van der Waals surface area contributed by atoms with Crippen LogP contribution in [0.5, 0.6) is 0 Å². The summed E-state index contributed by atoms with van der Waals surface area (Å²) in [5, 5.41) is 2.71. The van der Waals surface area contributed by atoms with Crippen molar-refractivity contribution in [3.63, 3.8) is 0 Å². The third-order valence-corrected chi connectivity index (χ3v) is 5.15. The van der Waals surface area contributed by atoms with E-state index in [1.807, 2.05) is 26.0 Å². The molecule has 0 aliphatic carbocycles. The van der Waals surface area contributed by atoms with Crippen molar-refractivity contribution in [2.75, 3.05) is 16.8 Å². The molecule has 0 radical (unpaired) electrons. The third kappa shape index (κ3) is 4.00. The van der Waals surface area contributed by atoms with Gasteiger partial charge in [0.2, 0.25) is 0 Å². The number of anilines is 2. The molecule has 160 valence electrons. The Hall–Kier alpha value is -4.26. The van der Waals surface area contributed by atoms with E-state index in [2.05, 4.69) is 5.32 Å². The highest BCUT2D eigenvalue weighted by Gasteiger charge is 2.36. The van der Waals surface area contributed by atoms with E-state index >= 15 is 0 Å². The van der Waals surface area contributed by atoms with Gasteiger partial charge in [-0.25, -0.2) is 9.69 Å². The van der Waals surface area contributed by atoms with Gasteiger partial charge in [0.1, 0.15) is 0 Å². The fraction of sp³-hybridized carbons (Fsp3) is 0.120.